The van der Waals surface area contributed by atoms with Gasteiger partial charge in [-0.3, -0.25) is 0 Å². The number of hydrogen-bond acceptors (Lipinski definition) is 1. The molecular formula is C42H30O. The van der Waals surface area contributed by atoms with E-state index in [1.54, 1.807) is 0 Å². The van der Waals surface area contributed by atoms with Gasteiger partial charge in [0.1, 0.15) is 11.2 Å². The summed E-state index contributed by atoms with van der Waals surface area (Å²) in [7, 11) is 0. The van der Waals surface area contributed by atoms with E-state index in [-0.39, 0.29) is 0 Å². The highest BCUT2D eigenvalue weighted by molar-refractivity contribution is 6.30. The van der Waals surface area contributed by atoms with Crippen molar-refractivity contribution in [1.29, 1.82) is 0 Å². The molecule has 9 aromatic rings. The Kier molecular flexibility index (Phi) is 5.98. The summed E-state index contributed by atoms with van der Waals surface area (Å²) >= 11 is 0. The van der Waals surface area contributed by atoms with Crippen molar-refractivity contribution in [2.45, 2.75) is 13.8 Å². The van der Waals surface area contributed by atoms with Gasteiger partial charge in [-0.1, -0.05) is 147 Å². The van der Waals surface area contributed by atoms with Gasteiger partial charge in [-0.05, 0) is 72.3 Å². The van der Waals surface area contributed by atoms with Gasteiger partial charge in [0.25, 0.3) is 0 Å². The first kappa shape index (κ1) is 25.3. The number of furan rings is 1. The van der Waals surface area contributed by atoms with Crippen molar-refractivity contribution >= 4 is 54.3 Å². The Hall–Kier alpha value is -5.40. The smallest absolute Gasteiger partial charge is 0.143 e. The van der Waals surface area contributed by atoms with Crippen LogP contribution >= 0.6 is 0 Å². The van der Waals surface area contributed by atoms with Gasteiger partial charge in [-0.2, -0.15) is 0 Å². The van der Waals surface area contributed by atoms with Crippen LogP contribution in [0.15, 0.2) is 150 Å². The highest BCUT2D eigenvalue weighted by Crippen LogP contribution is 2.47. The SMILES string of the molecule is CC.c1ccc(-c2ccc3ccc4c(-c5cccc6c5oc5ccccc56)cc(-c5ccccc5)c5ccc2c3c54)cc1. The average molecular weight is 551 g/mol. The largest absolute Gasteiger partial charge is 0.455 e. The third kappa shape index (κ3) is 3.86. The van der Waals surface area contributed by atoms with Gasteiger partial charge in [-0.25, -0.2) is 0 Å². The van der Waals surface area contributed by atoms with Crippen molar-refractivity contribution in [1.82, 2.24) is 0 Å². The van der Waals surface area contributed by atoms with Crippen LogP contribution in [0.25, 0.3) is 87.6 Å². The molecule has 1 nitrogen and oxygen atoms in total. The van der Waals surface area contributed by atoms with Crippen LogP contribution < -0.4 is 0 Å². The van der Waals surface area contributed by atoms with Crippen LogP contribution in [-0.4, -0.2) is 0 Å². The first-order valence-electron chi connectivity index (χ1n) is 15.1. The number of benzene rings is 8. The predicted molar refractivity (Wildman–Crippen MR) is 185 cm³/mol. The van der Waals surface area contributed by atoms with Gasteiger partial charge in [0, 0.05) is 16.3 Å². The molecule has 0 amide bonds. The van der Waals surface area contributed by atoms with E-state index in [0.29, 0.717) is 0 Å². The first-order chi connectivity index (χ1) is 21.3. The van der Waals surface area contributed by atoms with Gasteiger partial charge in [-0.15, -0.1) is 0 Å². The monoisotopic (exact) mass is 550 g/mol. The molecule has 1 aromatic heterocycles. The van der Waals surface area contributed by atoms with Crippen LogP contribution in [0, 0.1) is 0 Å². The molecule has 0 atom stereocenters. The maximum atomic E-state index is 6.55. The zero-order valence-electron chi connectivity index (χ0n) is 24.3. The normalized spacial score (nSPS) is 11.5. The van der Waals surface area contributed by atoms with Crippen LogP contribution in [0.1, 0.15) is 13.8 Å². The van der Waals surface area contributed by atoms with Crippen LogP contribution in [0.3, 0.4) is 0 Å². The zero-order valence-corrected chi connectivity index (χ0v) is 24.3. The number of fused-ring (bicyclic) bond motifs is 3. The molecule has 0 spiro atoms. The Morgan fingerprint density at radius 2 is 0.953 bits per heavy atom. The minimum Gasteiger partial charge on any atom is -0.455 e. The molecule has 0 bridgehead atoms. The Morgan fingerprint density at radius 3 is 1.72 bits per heavy atom. The Labute approximate surface area is 251 Å². The van der Waals surface area contributed by atoms with Crippen molar-refractivity contribution in [2.24, 2.45) is 0 Å². The van der Waals surface area contributed by atoms with Crippen molar-refractivity contribution < 1.29 is 4.42 Å². The number of rotatable bonds is 3. The fourth-order valence-electron chi connectivity index (χ4n) is 6.81. The topological polar surface area (TPSA) is 13.1 Å². The molecule has 43 heavy (non-hydrogen) atoms. The molecule has 1 heteroatoms. The Morgan fingerprint density at radius 1 is 0.372 bits per heavy atom. The summed E-state index contributed by atoms with van der Waals surface area (Å²) in [6, 6.07) is 52.5. The molecule has 9 rings (SSSR count). The fourth-order valence-corrected chi connectivity index (χ4v) is 6.81. The maximum Gasteiger partial charge on any atom is 0.143 e. The minimum absolute atomic E-state index is 0.920. The van der Waals surface area contributed by atoms with E-state index in [0.717, 1.165) is 27.5 Å². The quantitative estimate of drug-likeness (QED) is 0.199. The summed E-state index contributed by atoms with van der Waals surface area (Å²) < 4.78 is 6.55. The van der Waals surface area contributed by atoms with Crippen molar-refractivity contribution in [3.63, 3.8) is 0 Å². The summed E-state index contributed by atoms with van der Waals surface area (Å²) in [5.74, 6) is 0. The summed E-state index contributed by atoms with van der Waals surface area (Å²) in [6.45, 7) is 4.00. The molecule has 204 valence electrons. The summed E-state index contributed by atoms with van der Waals surface area (Å²) in [4.78, 5) is 0. The Balaban J connectivity index is 0.00000136. The molecule has 0 fully saturated rings. The molecule has 0 aliphatic heterocycles. The second-order valence-electron chi connectivity index (χ2n) is 10.8. The third-order valence-electron chi connectivity index (χ3n) is 8.65. The van der Waals surface area contributed by atoms with Gasteiger partial charge in [0.2, 0.25) is 0 Å². The van der Waals surface area contributed by atoms with Gasteiger partial charge in [0.05, 0.1) is 0 Å². The third-order valence-corrected chi connectivity index (χ3v) is 8.65. The number of para-hydroxylation sites is 2. The van der Waals surface area contributed by atoms with E-state index in [4.69, 9.17) is 4.42 Å². The number of hydrogen-bond donors (Lipinski definition) is 0. The molecule has 0 saturated carbocycles. The molecular weight excluding hydrogens is 520 g/mol. The van der Waals surface area contributed by atoms with Crippen LogP contribution in [0.2, 0.25) is 0 Å². The molecule has 0 radical (unpaired) electrons. The lowest BCUT2D eigenvalue weighted by Gasteiger charge is -2.19. The second-order valence-corrected chi connectivity index (χ2v) is 10.8. The van der Waals surface area contributed by atoms with Crippen molar-refractivity contribution in [2.75, 3.05) is 0 Å². The summed E-state index contributed by atoms with van der Waals surface area (Å²) in [5, 5.41) is 9.99. The van der Waals surface area contributed by atoms with Gasteiger partial charge >= 0.3 is 0 Å². The highest BCUT2D eigenvalue weighted by atomic mass is 16.3. The molecule has 0 N–H and O–H groups in total. The van der Waals surface area contributed by atoms with E-state index in [1.165, 1.54) is 60.1 Å². The second kappa shape index (κ2) is 10.2. The molecule has 8 aromatic carbocycles. The van der Waals surface area contributed by atoms with E-state index in [2.05, 4.69) is 140 Å². The van der Waals surface area contributed by atoms with Gasteiger partial charge in [0.15, 0.2) is 0 Å². The van der Waals surface area contributed by atoms with E-state index in [9.17, 15) is 0 Å². The highest BCUT2D eigenvalue weighted by Gasteiger charge is 2.20. The summed E-state index contributed by atoms with van der Waals surface area (Å²) in [5.41, 5.74) is 9.13. The van der Waals surface area contributed by atoms with E-state index < -0.39 is 0 Å². The molecule has 0 saturated heterocycles. The lowest BCUT2D eigenvalue weighted by atomic mass is 9.84. The van der Waals surface area contributed by atoms with Crippen LogP contribution in [0.5, 0.6) is 0 Å². The first-order valence-corrected chi connectivity index (χ1v) is 15.1. The molecule has 0 aliphatic rings. The zero-order chi connectivity index (χ0) is 28.9. The van der Waals surface area contributed by atoms with Crippen molar-refractivity contribution in [3.05, 3.63) is 146 Å². The molecule has 1 heterocycles. The maximum absolute atomic E-state index is 6.55. The standard InChI is InChI=1S/C40H24O.C2H6/c1-3-10-25(11-4-1)28-20-18-27-19-21-32-36(34-16-9-15-33-29-14-7-8-17-37(29)41-40(33)34)24-35(26-12-5-2-6-13-26)31-23-22-30(28)38(27)39(31)32;1-2/h1-24H;1-2H3. The predicted octanol–water partition coefficient (Wildman–Crippen LogP) is 12.5. The van der Waals surface area contributed by atoms with E-state index in [1.807, 2.05) is 19.9 Å². The average Bonchev–Trinajstić information content (AvgIpc) is 3.48. The van der Waals surface area contributed by atoms with Crippen molar-refractivity contribution in [3.8, 4) is 33.4 Å². The molecule has 0 aliphatic carbocycles. The fraction of sp³-hybridized carbons (Fsp3) is 0.0476. The van der Waals surface area contributed by atoms with Crippen LogP contribution in [0.4, 0.5) is 0 Å². The lowest BCUT2D eigenvalue weighted by molar-refractivity contribution is 0.670. The lowest BCUT2D eigenvalue weighted by Crippen LogP contribution is -1.92. The van der Waals surface area contributed by atoms with Gasteiger partial charge < -0.3 is 4.42 Å². The van der Waals surface area contributed by atoms with E-state index >= 15 is 0 Å². The summed E-state index contributed by atoms with van der Waals surface area (Å²) in [6.07, 6.45) is 0. The van der Waals surface area contributed by atoms with Crippen LogP contribution in [-0.2, 0) is 0 Å². The molecule has 0 unspecified atom stereocenters. The minimum atomic E-state index is 0.920. The Bertz CT molecular complexity index is 2400.